The number of carbonyl (C=O) groups is 2. The molecular weight excluding hydrogens is 348 g/mol. The summed E-state index contributed by atoms with van der Waals surface area (Å²) in [6.45, 7) is 0.973. The summed E-state index contributed by atoms with van der Waals surface area (Å²) in [5.74, 6) is -0.379. The summed E-state index contributed by atoms with van der Waals surface area (Å²) in [6, 6.07) is 20.1. The average Bonchev–Trinajstić information content (AvgIpc) is 2.76. The van der Waals surface area contributed by atoms with Crippen LogP contribution < -0.4 is 10.6 Å². The number of hydrogen-bond donors (Lipinski definition) is 2. The second kappa shape index (κ2) is 10.6. The third-order valence-corrected chi connectivity index (χ3v) is 5.64. The van der Waals surface area contributed by atoms with Crippen LogP contribution in [0.1, 0.15) is 55.6 Å². The maximum atomic E-state index is 12.3. The smallest absolute Gasteiger partial charge is 0.309 e. The number of rotatable bonds is 7. The molecular formula is C24H30N2O2. The molecule has 4 heteroatoms. The molecule has 0 bridgehead atoms. The Hall–Kier alpha value is -2.62. The zero-order valence-corrected chi connectivity index (χ0v) is 16.4. The van der Waals surface area contributed by atoms with Crippen LogP contribution in [0, 0.1) is 5.92 Å². The first-order valence-electron chi connectivity index (χ1n) is 10.4. The van der Waals surface area contributed by atoms with Crippen molar-refractivity contribution in [1.29, 1.82) is 0 Å². The summed E-state index contributed by atoms with van der Waals surface area (Å²) in [4.78, 5) is 24.4. The fraction of sp³-hybridized carbons (Fsp3) is 0.417. The Morgan fingerprint density at radius 2 is 1.32 bits per heavy atom. The predicted molar refractivity (Wildman–Crippen MR) is 112 cm³/mol. The van der Waals surface area contributed by atoms with E-state index in [0.29, 0.717) is 19.0 Å². The van der Waals surface area contributed by atoms with Crippen LogP contribution in [0.15, 0.2) is 60.7 Å². The molecule has 148 valence electrons. The minimum atomic E-state index is -0.555. The van der Waals surface area contributed by atoms with Crippen molar-refractivity contribution >= 4 is 11.8 Å². The minimum absolute atomic E-state index is 0.0152. The molecule has 0 unspecified atom stereocenters. The van der Waals surface area contributed by atoms with Crippen LogP contribution >= 0.6 is 0 Å². The summed E-state index contributed by atoms with van der Waals surface area (Å²) in [7, 11) is 0. The number of benzene rings is 2. The van der Waals surface area contributed by atoms with E-state index in [0.717, 1.165) is 17.5 Å². The highest BCUT2D eigenvalue weighted by atomic mass is 16.2. The van der Waals surface area contributed by atoms with E-state index in [-0.39, 0.29) is 5.92 Å². The van der Waals surface area contributed by atoms with Gasteiger partial charge in [-0.25, -0.2) is 0 Å². The van der Waals surface area contributed by atoms with Crippen molar-refractivity contribution in [1.82, 2.24) is 10.6 Å². The van der Waals surface area contributed by atoms with Crippen molar-refractivity contribution in [2.75, 3.05) is 13.1 Å². The summed E-state index contributed by atoms with van der Waals surface area (Å²) in [5.41, 5.74) is 2.23. The molecule has 4 nitrogen and oxygen atoms in total. The zero-order valence-electron chi connectivity index (χ0n) is 16.4. The van der Waals surface area contributed by atoms with Gasteiger partial charge in [-0.15, -0.1) is 0 Å². The molecule has 2 aromatic rings. The van der Waals surface area contributed by atoms with Gasteiger partial charge in [0, 0.05) is 19.0 Å². The summed E-state index contributed by atoms with van der Waals surface area (Å²) >= 11 is 0. The molecule has 1 fully saturated rings. The maximum Gasteiger partial charge on any atom is 0.309 e. The molecule has 0 aromatic heterocycles. The van der Waals surface area contributed by atoms with Gasteiger partial charge in [0.05, 0.1) is 0 Å². The second-order valence-corrected chi connectivity index (χ2v) is 7.63. The molecule has 2 amide bonds. The molecule has 0 heterocycles. The van der Waals surface area contributed by atoms with Gasteiger partial charge in [0.15, 0.2) is 0 Å². The van der Waals surface area contributed by atoms with Gasteiger partial charge in [0.1, 0.15) is 0 Å². The van der Waals surface area contributed by atoms with Crippen molar-refractivity contribution in [3.05, 3.63) is 71.8 Å². The zero-order chi connectivity index (χ0) is 19.6. The Labute approximate surface area is 167 Å². The molecule has 28 heavy (non-hydrogen) atoms. The average molecular weight is 379 g/mol. The lowest BCUT2D eigenvalue weighted by Gasteiger charge is -2.21. The molecule has 0 atom stereocenters. The highest BCUT2D eigenvalue weighted by molar-refractivity contribution is 6.35. The molecule has 0 saturated heterocycles. The lowest BCUT2D eigenvalue weighted by Crippen LogP contribution is -2.42. The van der Waals surface area contributed by atoms with Gasteiger partial charge < -0.3 is 10.6 Å². The number of amides is 2. The highest BCUT2D eigenvalue weighted by Gasteiger charge is 2.19. The molecule has 0 spiro atoms. The van der Waals surface area contributed by atoms with E-state index in [1.807, 2.05) is 60.7 Å². The Bertz CT molecular complexity index is 700. The van der Waals surface area contributed by atoms with Gasteiger partial charge in [-0.3, -0.25) is 9.59 Å². The van der Waals surface area contributed by atoms with E-state index in [1.54, 1.807) is 0 Å². The van der Waals surface area contributed by atoms with Crippen LogP contribution in [-0.4, -0.2) is 24.9 Å². The van der Waals surface area contributed by atoms with Crippen LogP contribution in [0.25, 0.3) is 0 Å². The Morgan fingerprint density at radius 3 is 1.89 bits per heavy atom. The highest BCUT2D eigenvalue weighted by Crippen LogP contribution is 2.26. The fourth-order valence-electron chi connectivity index (χ4n) is 4.02. The Morgan fingerprint density at radius 1 is 0.786 bits per heavy atom. The second-order valence-electron chi connectivity index (χ2n) is 7.63. The van der Waals surface area contributed by atoms with Crippen molar-refractivity contribution in [2.45, 2.75) is 44.4 Å². The number of carbonyl (C=O) groups excluding carboxylic acids is 2. The standard InChI is InChI=1S/C24H30N2O2/c27-23(25-17-16-19-10-4-1-5-11-19)24(28)26-18-22(20-12-6-2-7-13-20)21-14-8-3-9-15-21/h2-3,6-9,12-15,19,22H,1,4-5,10-11,16-18H2,(H,25,27)(H,26,28). The summed E-state index contributed by atoms with van der Waals surface area (Å²) < 4.78 is 0. The van der Waals surface area contributed by atoms with Gasteiger partial charge in [0.25, 0.3) is 0 Å². The number of hydrogen-bond acceptors (Lipinski definition) is 2. The van der Waals surface area contributed by atoms with Crippen LogP contribution in [0.4, 0.5) is 0 Å². The van der Waals surface area contributed by atoms with Gasteiger partial charge >= 0.3 is 11.8 Å². The first-order chi connectivity index (χ1) is 13.7. The molecule has 1 saturated carbocycles. The summed E-state index contributed by atoms with van der Waals surface area (Å²) in [5, 5.41) is 5.60. The lowest BCUT2D eigenvalue weighted by molar-refractivity contribution is -0.139. The Balaban J connectivity index is 1.51. The molecule has 1 aliphatic carbocycles. The molecule has 2 aromatic carbocycles. The van der Waals surface area contributed by atoms with E-state index < -0.39 is 11.8 Å². The van der Waals surface area contributed by atoms with Crippen LogP contribution in [0.2, 0.25) is 0 Å². The van der Waals surface area contributed by atoms with E-state index >= 15 is 0 Å². The van der Waals surface area contributed by atoms with Crippen LogP contribution in [-0.2, 0) is 9.59 Å². The fourth-order valence-corrected chi connectivity index (χ4v) is 4.02. The molecule has 1 aliphatic rings. The summed E-state index contributed by atoms with van der Waals surface area (Å²) in [6.07, 6.45) is 7.37. The van der Waals surface area contributed by atoms with Gasteiger partial charge in [-0.1, -0.05) is 92.8 Å². The SMILES string of the molecule is O=C(NCCC1CCCCC1)C(=O)NCC(c1ccccc1)c1ccccc1. The monoisotopic (exact) mass is 378 g/mol. The Kier molecular flexibility index (Phi) is 7.65. The van der Waals surface area contributed by atoms with Crippen molar-refractivity contribution in [3.63, 3.8) is 0 Å². The maximum absolute atomic E-state index is 12.3. The first-order valence-corrected chi connectivity index (χ1v) is 10.4. The first kappa shape index (κ1) is 20.1. The third-order valence-electron chi connectivity index (χ3n) is 5.64. The largest absolute Gasteiger partial charge is 0.348 e. The van der Waals surface area contributed by atoms with E-state index in [9.17, 15) is 9.59 Å². The molecule has 3 rings (SSSR count). The third kappa shape index (κ3) is 5.95. The number of nitrogens with one attached hydrogen (secondary N) is 2. The van der Waals surface area contributed by atoms with Crippen LogP contribution in [0.3, 0.4) is 0 Å². The van der Waals surface area contributed by atoms with Gasteiger partial charge in [-0.05, 0) is 23.5 Å². The lowest BCUT2D eigenvalue weighted by atomic mass is 9.87. The van der Waals surface area contributed by atoms with Crippen molar-refractivity contribution in [3.8, 4) is 0 Å². The molecule has 0 radical (unpaired) electrons. The van der Waals surface area contributed by atoms with E-state index in [1.165, 1.54) is 32.1 Å². The molecule has 2 N–H and O–H groups in total. The van der Waals surface area contributed by atoms with Gasteiger partial charge in [0.2, 0.25) is 0 Å². The van der Waals surface area contributed by atoms with Crippen molar-refractivity contribution < 1.29 is 9.59 Å². The van der Waals surface area contributed by atoms with E-state index in [2.05, 4.69) is 10.6 Å². The van der Waals surface area contributed by atoms with E-state index in [4.69, 9.17) is 0 Å². The minimum Gasteiger partial charge on any atom is -0.348 e. The normalized spacial score (nSPS) is 14.6. The van der Waals surface area contributed by atoms with Crippen molar-refractivity contribution in [2.24, 2.45) is 5.92 Å². The molecule has 0 aliphatic heterocycles. The van der Waals surface area contributed by atoms with Crippen LogP contribution in [0.5, 0.6) is 0 Å². The topological polar surface area (TPSA) is 58.2 Å². The quantitative estimate of drug-likeness (QED) is 0.715. The predicted octanol–water partition coefficient (Wildman–Crippen LogP) is 4.02. The van der Waals surface area contributed by atoms with Gasteiger partial charge in [-0.2, -0.15) is 0 Å².